The van der Waals surface area contributed by atoms with Crippen LogP contribution in [0.25, 0.3) is 16.8 Å². The molecule has 166 valence electrons. The monoisotopic (exact) mass is 440 g/mol. The molecular formula is C26H24N4O3. The normalized spacial score (nSPS) is 10.5. The first-order valence-corrected chi connectivity index (χ1v) is 10.4. The summed E-state index contributed by atoms with van der Waals surface area (Å²) in [5.41, 5.74) is 4.50. The van der Waals surface area contributed by atoms with Crippen molar-refractivity contribution in [2.24, 2.45) is 0 Å². The summed E-state index contributed by atoms with van der Waals surface area (Å²) in [5.74, 6) is 0.887. The molecule has 7 nitrogen and oxygen atoms in total. The lowest BCUT2D eigenvalue weighted by Gasteiger charge is -2.11. The zero-order valence-corrected chi connectivity index (χ0v) is 18.6. The minimum atomic E-state index is -0.226. The van der Waals surface area contributed by atoms with Gasteiger partial charge in [0.1, 0.15) is 11.6 Å². The molecule has 0 aliphatic carbocycles. The van der Waals surface area contributed by atoms with Gasteiger partial charge in [-0.1, -0.05) is 30.3 Å². The Bertz CT molecular complexity index is 1280. The van der Waals surface area contributed by atoms with Crippen molar-refractivity contribution in [1.29, 1.82) is 0 Å². The smallest absolute Gasteiger partial charge is 0.255 e. The first-order valence-electron chi connectivity index (χ1n) is 10.4. The summed E-state index contributed by atoms with van der Waals surface area (Å²) in [6.45, 7) is 3.37. The van der Waals surface area contributed by atoms with Gasteiger partial charge in [0.15, 0.2) is 0 Å². The van der Waals surface area contributed by atoms with Crippen LogP contribution in [0, 0.1) is 6.92 Å². The second-order valence-corrected chi connectivity index (χ2v) is 7.50. The van der Waals surface area contributed by atoms with Gasteiger partial charge in [-0.15, -0.1) is 0 Å². The molecule has 2 N–H and O–H groups in total. The van der Waals surface area contributed by atoms with Crippen molar-refractivity contribution in [3.8, 4) is 22.6 Å². The third kappa shape index (κ3) is 4.77. The Balaban J connectivity index is 1.63. The van der Waals surface area contributed by atoms with Gasteiger partial charge in [-0.3, -0.25) is 9.59 Å². The van der Waals surface area contributed by atoms with E-state index < -0.39 is 0 Å². The van der Waals surface area contributed by atoms with Gasteiger partial charge in [-0.25, -0.2) is 4.68 Å². The number of anilines is 2. The van der Waals surface area contributed by atoms with Crippen LogP contribution >= 0.6 is 0 Å². The summed E-state index contributed by atoms with van der Waals surface area (Å²) in [6.07, 6.45) is 0. The van der Waals surface area contributed by atoms with E-state index >= 15 is 0 Å². The zero-order valence-electron chi connectivity index (χ0n) is 18.6. The number of benzene rings is 3. The molecule has 0 bridgehead atoms. The van der Waals surface area contributed by atoms with Crippen LogP contribution in [0.2, 0.25) is 0 Å². The number of nitrogens with one attached hydrogen (secondary N) is 2. The fraction of sp³-hybridized carbons (Fsp3) is 0.115. The Morgan fingerprint density at radius 1 is 0.879 bits per heavy atom. The predicted molar refractivity (Wildman–Crippen MR) is 129 cm³/mol. The number of carbonyl (C=O) groups is 2. The van der Waals surface area contributed by atoms with Crippen molar-refractivity contribution in [2.75, 3.05) is 17.7 Å². The van der Waals surface area contributed by atoms with Crippen molar-refractivity contribution in [3.05, 3.63) is 90.1 Å². The quantitative estimate of drug-likeness (QED) is 0.439. The minimum absolute atomic E-state index is 0.191. The van der Waals surface area contributed by atoms with E-state index in [0.29, 0.717) is 17.1 Å². The van der Waals surface area contributed by atoms with Gasteiger partial charge in [0.05, 0.1) is 18.5 Å². The molecule has 2 amide bonds. The highest BCUT2D eigenvalue weighted by Gasteiger charge is 2.19. The number of hydrogen-bond donors (Lipinski definition) is 2. The maximum absolute atomic E-state index is 12.7. The van der Waals surface area contributed by atoms with Gasteiger partial charge in [0.2, 0.25) is 5.91 Å². The van der Waals surface area contributed by atoms with Crippen LogP contribution in [0.1, 0.15) is 23.0 Å². The molecule has 0 fully saturated rings. The molecule has 4 aromatic rings. The molecule has 0 radical (unpaired) electrons. The van der Waals surface area contributed by atoms with Crippen molar-refractivity contribution >= 4 is 23.3 Å². The first kappa shape index (κ1) is 21.8. The van der Waals surface area contributed by atoms with Gasteiger partial charge in [-0.05, 0) is 61.0 Å². The number of carbonyl (C=O) groups excluding carboxylic acids is 2. The molecule has 0 unspecified atom stereocenters. The third-order valence-electron chi connectivity index (χ3n) is 5.14. The maximum atomic E-state index is 12.7. The van der Waals surface area contributed by atoms with Crippen LogP contribution < -0.4 is 15.4 Å². The summed E-state index contributed by atoms with van der Waals surface area (Å²) in [7, 11) is 1.59. The van der Waals surface area contributed by atoms with E-state index in [1.807, 2.05) is 37.3 Å². The predicted octanol–water partition coefficient (Wildman–Crippen LogP) is 5.07. The Morgan fingerprint density at radius 2 is 1.55 bits per heavy atom. The minimum Gasteiger partial charge on any atom is -0.497 e. The van der Waals surface area contributed by atoms with E-state index in [0.717, 1.165) is 28.3 Å². The van der Waals surface area contributed by atoms with E-state index in [-0.39, 0.29) is 11.8 Å². The highest BCUT2D eigenvalue weighted by atomic mass is 16.5. The second kappa shape index (κ2) is 9.40. The average Bonchev–Trinajstić information content (AvgIpc) is 3.15. The number of aryl methyl sites for hydroxylation is 1. The molecule has 4 rings (SSSR count). The SMILES string of the molecule is COc1ccc(NC(=O)c2ccc(-n3nc(C)c(-c4ccccc4)c3NC(C)=O)cc2)cc1. The topological polar surface area (TPSA) is 85.2 Å². The number of rotatable bonds is 6. The van der Waals surface area contributed by atoms with Crippen LogP contribution in [-0.4, -0.2) is 28.7 Å². The van der Waals surface area contributed by atoms with Gasteiger partial charge in [-0.2, -0.15) is 5.10 Å². The van der Waals surface area contributed by atoms with Gasteiger partial charge in [0.25, 0.3) is 5.91 Å². The summed E-state index contributed by atoms with van der Waals surface area (Å²) in [6, 6.07) is 24.0. The molecular weight excluding hydrogens is 416 g/mol. The maximum Gasteiger partial charge on any atom is 0.255 e. The van der Waals surface area contributed by atoms with Gasteiger partial charge in [0, 0.05) is 23.7 Å². The second-order valence-electron chi connectivity index (χ2n) is 7.50. The highest BCUT2D eigenvalue weighted by molar-refractivity contribution is 6.04. The molecule has 0 atom stereocenters. The first-order chi connectivity index (χ1) is 16.0. The number of nitrogens with zero attached hydrogens (tertiary/aromatic N) is 2. The number of hydrogen-bond acceptors (Lipinski definition) is 4. The molecule has 1 aromatic heterocycles. The number of amides is 2. The summed E-state index contributed by atoms with van der Waals surface area (Å²) < 4.78 is 6.82. The van der Waals surface area contributed by atoms with E-state index in [2.05, 4.69) is 15.7 Å². The Morgan fingerprint density at radius 3 is 2.15 bits per heavy atom. The van der Waals surface area contributed by atoms with Gasteiger partial charge < -0.3 is 15.4 Å². The van der Waals surface area contributed by atoms with Crippen molar-refractivity contribution in [1.82, 2.24) is 9.78 Å². The highest BCUT2D eigenvalue weighted by Crippen LogP contribution is 2.33. The molecule has 0 saturated heterocycles. The van der Waals surface area contributed by atoms with E-state index in [1.54, 1.807) is 60.3 Å². The summed E-state index contributed by atoms with van der Waals surface area (Å²) >= 11 is 0. The molecule has 3 aromatic carbocycles. The Kier molecular flexibility index (Phi) is 6.22. The largest absolute Gasteiger partial charge is 0.497 e. The van der Waals surface area contributed by atoms with Crippen LogP contribution in [0.4, 0.5) is 11.5 Å². The van der Waals surface area contributed by atoms with Crippen molar-refractivity contribution in [3.63, 3.8) is 0 Å². The fourth-order valence-corrected chi connectivity index (χ4v) is 3.58. The number of aromatic nitrogens is 2. The molecule has 0 aliphatic heterocycles. The summed E-state index contributed by atoms with van der Waals surface area (Å²) in [4.78, 5) is 24.6. The molecule has 0 aliphatic rings. The standard InChI is InChI=1S/C26H24N4O3/c1-17-24(19-7-5-4-6-8-19)25(27-18(2)31)30(29-17)22-13-9-20(10-14-22)26(32)28-21-11-15-23(33-3)16-12-21/h4-16H,1-3H3,(H,27,31)(H,28,32). The molecule has 33 heavy (non-hydrogen) atoms. The fourth-order valence-electron chi connectivity index (χ4n) is 3.58. The Hall–Kier alpha value is -4.39. The Labute approximate surface area is 192 Å². The van der Waals surface area contributed by atoms with Crippen molar-refractivity contribution < 1.29 is 14.3 Å². The molecule has 0 saturated carbocycles. The lowest BCUT2D eigenvalue weighted by atomic mass is 10.1. The third-order valence-corrected chi connectivity index (χ3v) is 5.14. The van der Waals surface area contributed by atoms with Crippen LogP contribution in [0.15, 0.2) is 78.9 Å². The van der Waals surface area contributed by atoms with Gasteiger partial charge >= 0.3 is 0 Å². The number of methoxy groups -OCH3 is 1. The zero-order chi connectivity index (χ0) is 23.4. The van der Waals surface area contributed by atoms with E-state index in [9.17, 15) is 9.59 Å². The molecule has 0 spiro atoms. The average molecular weight is 441 g/mol. The van der Waals surface area contributed by atoms with E-state index in [1.165, 1.54) is 6.92 Å². The van der Waals surface area contributed by atoms with Crippen LogP contribution in [0.5, 0.6) is 5.75 Å². The van der Waals surface area contributed by atoms with Crippen LogP contribution in [0.3, 0.4) is 0 Å². The van der Waals surface area contributed by atoms with Crippen LogP contribution in [-0.2, 0) is 4.79 Å². The van der Waals surface area contributed by atoms with E-state index in [4.69, 9.17) is 4.74 Å². The van der Waals surface area contributed by atoms with Crippen molar-refractivity contribution in [2.45, 2.75) is 13.8 Å². The lowest BCUT2D eigenvalue weighted by Crippen LogP contribution is -2.13. The summed E-state index contributed by atoms with van der Waals surface area (Å²) in [5, 5.41) is 10.4. The number of ether oxygens (including phenoxy) is 1. The molecule has 1 heterocycles. The molecule has 7 heteroatoms. The lowest BCUT2D eigenvalue weighted by molar-refractivity contribution is -0.114.